The molecule has 6 rings (SSSR count). The normalized spacial score (nSPS) is 12.6. The fourth-order valence-electron chi connectivity index (χ4n) is 4.77. The van der Waals surface area contributed by atoms with Crippen LogP contribution in [0.5, 0.6) is 11.5 Å². The lowest BCUT2D eigenvalue weighted by molar-refractivity contribution is -0.116. The summed E-state index contributed by atoms with van der Waals surface area (Å²) >= 11 is 14.1. The van der Waals surface area contributed by atoms with Gasteiger partial charge < -0.3 is 25.4 Å². The van der Waals surface area contributed by atoms with Crippen molar-refractivity contribution < 1.29 is 23.9 Å². The maximum absolute atomic E-state index is 13.6. The van der Waals surface area contributed by atoms with Crippen LogP contribution in [0.25, 0.3) is 6.08 Å². The van der Waals surface area contributed by atoms with Gasteiger partial charge in [0.15, 0.2) is 11.5 Å². The number of hydrogen-bond donors (Lipinski definition) is 3. The van der Waals surface area contributed by atoms with Crippen molar-refractivity contribution in [3.63, 3.8) is 0 Å². The van der Waals surface area contributed by atoms with Gasteiger partial charge >= 0.3 is 0 Å². The van der Waals surface area contributed by atoms with Crippen molar-refractivity contribution in [1.29, 1.82) is 0 Å². The zero-order valence-electron chi connectivity index (χ0n) is 25.1. The predicted molar refractivity (Wildman–Crippen MR) is 190 cm³/mol. The maximum Gasteiger partial charge on any atom is 0.272 e. The van der Waals surface area contributed by atoms with Crippen molar-refractivity contribution in [1.82, 2.24) is 5.32 Å². The van der Waals surface area contributed by atoms with Crippen molar-refractivity contribution >= 4 is 70.1 Å². The van der Waals surface area contributed by atoms with Gasteiger partial charge in [-0.15, -0.1) is 11.8 Å². The molecule has 1 atom stereocenters. The first-order valence-electron chi connectivity index (χ1n) is 14.7. The van der Waals surface area contributed by atoms with E-state index in [2.05, 4.69) is 16.0 Å². The average Bonchev–Trinajstić information content (AvgIpc) is 3.58. The summed E-state index contributed by atoms with van der Waals surface area (Å²) in [6.07, 6.45) is 1.44. The number of halogens is 2. The molecular weight excluding hydrogens is 669 g/mol. The van der Waals surface area contributed by atoms with E-state index < -0.39 is 17.1 Å². The maximum atomic E-state index is 13.6. The molecule has 5 aromatic carbocycles. The lowest BCUT2D eigenvalue weighted by Gasteiger charge is -2.18. The molecule has 3 amide bonds. The minimum atomic E-state index is -0.583. The zero-order chi connectivity index (χ0) is 33.5. The number of hydrogen-bond acceptors (Lipinski definition) is 6. The number of rotatable bonds is 10. The van der Waals surface area contributed by atoms with Gasteiger partial charge in [-0.05, 0) is 72.3 Å². The first-order chi connectivity index (χ1) is 23.3. The number of amides is 3. The summed E-state index contributed by atoms with van der Waals surface area (Å²) in [7, 11) is 0. The standard InChI is InChI=1S/C37H27Cl2N3O5S/c38-29-12-7-13-30(39)28(29)21-31(42-35(43)24-10-5-2-6-11-24)36(44)40-25-14-17-27(18-15-25)48-34(23-8-3-1-4-9-23)37(45)41-26-16-19-32-33(20-26)47-22-46-32/h1-21,34H,22H2,(H,40,44)(H,41,45)(H,42,43)/b31-21-. The summed E-state index contributed by atoms with van der Waals surface area (Å²) in [5, 5.41) is 8.55. The van der Waals surface area contributed by atoms with Crippen LogP contribution in [0.3, 0.4) is 0 Å². The van der Waals surface area contributed by atoms with Crippen LogP contribution in [0.15, 0.2) is 132 Å². The van der Waals surface area contributed by atoms with E-state index in [1.54, 1.807) is 91.0 Å². The zero-order valence-corrected chi connectivity index (χ0v) is 27.4. The molecule has 0 spiro atoms. The number of anilines is 2. The molecule has 0 bridgehead atoms. The Balaban J connectivity index is 1.19. The SMILES string of the molecule is O=C(Nc1ccc(SC(C(=O)Nc2ccc3c(c2)OCO3)c2ccccc2)cc1)/C(=C/c1c(Cl)cccc1Cl)NC(=O)c1ccccc1. The molecule has 240 valence electrons. The highest BCUT2D eigenvalue weighted by Gasteiger charge is 2.24. The van der Waals surface area contributed by atoms with Gasteiger partial charge in [0.05, 0.1) is 0 Å². The minimum Gasteiger partial charge on any atom is -0.454 e. The highest BCUT2D eigenvalue weighted by atomic mass is 35.5. The molecule has 0 radical (unpaired) electrons. The second-order valence-corrected chi connectivity index (χ2v) is 12.5. The lowest BCUT2D eigenvalue weighted by Crippen LogP contribution is -2.30. The van der Waals surface area contributed by atoms with Crippen LogP contribution in [0.4, 0.5) is 11.4 Å². The van der Waals surface area contributed by atoms with Gasteiger partial charge in [0.1, 0.15) is 10.9 Å². The van der Waals surface area contributed by atoms with Crippen molar-refractivity contribution in [2.24, 2.45) is 0 Å². The van der Waals surface area contributed by atoms with E-state index in [0.717, 1.165) is 10.5 Å². The predicted octanol–water partition coefficient (Wildman–Crippen LogP) is 8.60. The Kier molecular flexibility index (Phi) is 10.3. The van der Waals surface area contributed by atoms with Crippen molar-refractivity contribution in [2.75, 3.05) is 17.4 Å². The molecule has 48 heavy (non-hydrogen) atoms. The first-order valence-corrected chi connectivity index (χ1v) is 16.3. The molecule has 1 unspecified atom stereocenters. The summed E-state index contributed by atoms with van der Waals surface area (Å²) in [6.45, 7) is 0.140. The van der Waals surface area contributed by atoms with Gasteiger partial charge in [-0.1, -0.05) is 77.8 Å². The topological polar surface area (TPSA) is 106 Å². The molecular formula is C37H27Cl2N3O5S. The van der Waals surface area contributed by atoms with Gasteiger partial charge in [-0.25, -0.2) is 0 Å². The Morgan fingerprint density at radius 3 is 2.06 bits per heavy atom. The molecule has 11 heteroatoms. The third-order valence-electron chi connectivity index (χ3n) is 7.16. The monoisotopic (exact) mass is 695 g/mol. The summed E-state index contributed by atoms with van der Waals surface area (Å²) in [5.74, 6) is -0.0755. The average molecular weight is 697 g/mol. The summed E-state index contributed by atoms with van der Waals surface area (Å²) < 4.78 is 10.8. The number of benzene rings is 5. The van der Waals surface area contributed by atoms with E-state index in [1.807, 2.05) is 30.3 Å². The number of carbonyl (C=O) groups excluding carboxylic acids is 3. The molecule has 0 aromatic heterocycles. The Hall–Kier alpha value is -5.22. The fourth-order valence-corrected chi connectivity index (χ4v) is 6.30. The number of ether oxygens (including phenoxy) is 2. The third-order valence-corrected chi connectivity index (χ3v) is 9.09. The van der Waals surface area contributed by atoms with E-state index >= 15 is 0 Å². The minimum absolute atomic E-state index is 0.0540. The Morgan fingerprint density at radius 1 is 0.708 bits per heavy atom. The van der Waals surface area contributed by atoms with Gasteiger partial charge in [-0.2, -0.15) is 0 Å². The van der Waals surface area contributed by atoms with Crippen molar-refractivity contribution in [3.8, 4) is 11.5 Å². The smallest absolute Gasteiger partial charge is 0.272 e. The van der Waals surface area contributed by atoms with Crippen LogP contribution in [0, 0.1) is 0 Å². The number of thioether (sulfide) groups is 1. The molecule has 0 fully saturated rings. The summed E-state index contributed by atoms with van der Waals surface area (Å²) in [5.41, 5.74) is 2.58. The van der Waals surface area contributed by atoms with Crippen LogP contribution >= 0.6 is 35.0 Å². The molecule has 0 saturated carbocycles. The fraction of sp³-hybridized carbons (Fsp3) is 0.0541. The van der Waals surface area contributed by atoms with E-state index in [4.69, 9.17) is 32.7 Å². The van der Waals surface area contributed by atoms with Crippen LogP contribution in [0.2, 0.25) is 10.0 Å². The van der Waals surface area contributed by atoms with Crippen molar-refractivity contribution in [2.45, 2.75) is 10.1 Å². The van der Waals surface area contributed by atoms with E-state index in [-0.39, 0.29) is 18.4 Å². The molecule has 5 aromatic rings. The van der Waals surface area contributed by atoms with Gasteiger partial charge in [0, 0.05) is 43.5 Å². The molecule has 0 aliphatic carbocycles. The number of fused-ring (bicyclic) bond motifs is 1. The highest BCUT2D eigenvalue weighted by molar-refractivity contribution is 8.00. The molecule has 3 N–H and O–H groups in total. The number of carbonyl (C=O) groups is 3. The highest BCUT2D eigenvalue weighted by Crippen LogP contribution is 2.38. The molecule has 1 aliphatic heterocycles. The van der Waals surface area contributed by atoms with E-state index in [0.29, 0.717) is 44.0 Å². The van der Waals surface area contributed by atoms with Crippen LogP contribution in [0.1, 0.15) is 26.7 Å². The van der Waals surface area contributed by atoms with Gasteiger partial charge in [0.2, 0.25) is 12.7 Å². The van der Waals surface area contributed by atoms with Crippen LogP contribution in [-0.4, -0.2) is 24.5 Å². The largest absolute Gasteiger partial charge is 0.454 e. The van der Waals surface area contributed by atoms with E-state index in [9.17, 15) is 14.4 Å². The van der Waals surface area contributed by atoms with Gasteiger partial charge in [0.25, 0.3) is 11.8 Å². The van der Waals surface area contributed by atoms with E-state index in [1.165, 1.54) is 17.8 Å². The molecule has 1 heterocycles. The lowest BCUT2D eigenvalue weighted by atomic mass is 10.1. The van der Waals surface area contributed by atoms with Crippen molar-refractivity contribution in [3.05, 3.63) is 154 Å². The molecule has 0 saturated heterocycles. The molecule has 8 nitrogen and oxygen atoms in total. The first kappa shape index (κ1) is 32.7. The van der Waals surface area contributed by atoms with Gasteiger partial charge in [-0.3, -0.25) is 14.4 Å². The summed E-state index contributed by atoms with van der Waals surface area (Å²) in [6, 6.07) is 35.3. The van der Waals surface area contributed by atoms with Crippen LogP contribution < -0.4 is 25.4 Å². The summed E-state index contributed by atoms with van der Waals surface area (Å²) in [4.78, 5) is 40.9. The Labute approximate surface area is 291 Å². The Bertz CT molecular complexity index is 1970. The second-order valence-electron chi connectivity index (χ2n) is 10.5. The second kappa shape index (κ2) is 15.1. The number of nitrogens with one attached hydrogen (secondary N) is 3. The van der Waals surface area contributed by atoms with Crippen LogP contribution in [-0.2, 0) is 9.59 Å². The Morgan fingerprint density at radius 2 is 1.35 bits per heavy atom. The quantitative estimate of drug-likeness (QED) is 0.0998. The molecule has 1 aliphatic rings. The third kappa shape index (κ3) is 8.01.